The van der Waals surface area contributed by atoms with Crippen LogP contribution >= 0.6 is 0 Å². The molecular formula is C17H26N2O4. The Labute approximate surface area is 137 Å². The van der Waals surface area contributed by atoms with Crippen molar-refractivity contribution in [2.24, 2.45) is 0 Å². The molecule has 0 aromatic heterocycles. The van der Waals surface area contributed by atoms with Gasteiger partial charge in [0.15, 0.2) is 0 Å². The van der Waals surface area contributed by atoms with Crippen LogP contribution < -0.4 is 11.1 Å². The summed E-state index contributed by atoms with van der Waals surface area (Å²) in [4.78, 5) is 11.7. The zero-order valence-corrected chi connectivity index (χ0v) is 14.0. The minimum absolute atomic E-state index is 0.111. The molecule has 0 unspecified atom stereocenters. The molecule has 0 aliphatic carbocycles. The molecule has 1 fully saturated rings. The minimum Gasteiger partial charge on any atom is -0.444 e. The molecule has 1 aliphatic rings. The molecule has 1 amide bonds. The molecule has 4 N–H and O–H groups in total. The van der Waals surface area contributed by atoms with Gasteiger partial charge in [-0.05, 0) is 51.3 Å². The lowest BCUT2D eigenvalue weighted by molar-refractivity contribution is -0.0565. The minimum atomic E-state index is -0.521. The summed E-state index contributed by atoms with van der Waals surface area (Å²) < 4.78 is 10.9. The second kappa shape index (κ2) is 7.19. The van der Waals surface area contributed by atoms with Gasteiger partial charge in [-0.3, -0.25) is 0 Å². The lowest BCUT2D eigenvalue weighted by Gasteiger charge is -2.27. The Balaban J connectivity index is 1.98. The number of nitrogens with two attached hydrogens (primary N) is 1. The number of carbonyl (C=O) groups is 1. The van der Waals surface area contributed by atoms with Gasteiger partial charge < -0.3 is 25.6 Å². The molecule has 0 spiro atoms. The van der Waals surface area contributed by atoms with Gasteiger partial charge in [-0.1, -0.05) is 6.07 Å². The molecular weight excluding hydrogens is 296 g/mol. The van der Waals surface area contributed by atoms with Gasteiger partial charge in [-0.15, -0.1) is 0 Å². The van der Waals surface area contributed by atoms with Crippen molar-refractivity contribution in [1.29, 1.82) is 0 Å². The zero-order chi connectivity index (χ0) is 17.0. The van der Waals surface area contributed by atoms with Gasteiger partial charge in [0.2, 0.25) is 0 Å². The summed E-state index contributed by atoms with van der Waals surface area (Å²) in [5.41, 5.74) is 8.01. The lowest BCUT2D eigenvalue weighted by atomic mass is 9.97. The number of benzene rings is 1. The first-order valence-corrected chi connectivity index (χ1v) is 7.89. The van der Waals surface area contributed by atoms with Crippen LogP contribution in [0.5, 0.6) is 0 Å². The predicted molar refractivity (Wildman–Crippen MR) is 87.9 cm³/mol. The van der Waals surface area contributed by atoms with Gasteiger partial charge >= 0.3 is 6.09 Å². The van der Waals surface area contributed by atoms with Crippen molar-refractivity contribution >= 4 is 11.8 Å². The highest BCUT2D eigenvalue weighted by molar-refractivity contribution is 5.67. The number of carbonyl (C=O) groups excluding carboxylic acids is 1. The second-order valence-electron chi connectivity index (χ2n) is 6.87. The lowest BCUT2D eigenvalue weighted by Crippen LogP contribution is -2.32. The molecule has 6 nitrogen and oxygen atoms in total. The van der Waals surface area contributed by atoms with Crippen LogP contribution in [0.4, 0.5) is 10.5 Å². The summed E-state index contributed by atoms with van der Waals surface area (Å²) in [7, 11) is 0. The van der Waals surface area contributed by atoms with Crippen molar-refractivity contribution in [2.75, 3.05) is 12.3 Å². The molecule has 1 aromatic carbocycles. The number of rotatable bonds is 3. The number of ether oxygens (including phenoxy) is 2. The molecule has 1 aliphatic heterocycles. The van der Waals surface area contributed by atoms with Crippen molar-refractivity contribution in [3.63, 3.8) is 0 Å². The first-order chi connectivity index (χ1) is 10.7. The van der Waals surface area contributed by atoms with E-state index in [1.165, 1.54) is 0 Å². The first kappa shape index (κ1) is 17.6. The van der Waals surface area contributed by atoms with Gasteiger partial charge in [0.25, 0.3) is 0 Å². The van der Waals surface area contributed by atoms with Crippen LogP contribution in [-0.2, 0) is 16.0 Å². The van der Waals surface area contributed by atoms with E-state index in [0.717, 1.165) is 17.5 Å². The molecule has 6 heteroatoms. The van der Waals surface area contributed by atoms with Crippen LogP contribution in [0.1, 0.15) is 50.8 Å². The molecule has 0 bridgehead atoms. The Morgan fingerprint density at radius 3 is 2.78 bits per heavy atom. The van der Waals surface area contributed by atoms with Crippen LogP contribution in [0.25, 0.3) is 0 Å². The van der Waals surface area contributed by atoms with Gasteiger partial charge in [-0.2, -0.15) is 0 Å². The van der Waals surface area contributed by atoms with Crippen LogP contribution in [0.2, 0.25) is 0 Å². The third kappa shape index (κ3) is 5.41. The SMILES string of the molecule is CC(C)(C)OC(=O)NCc1ccc(N)c([C@@H]2CC[C@H](O)CO2)c1. The number of aliphatic hydroxyl groups excluding tert-OH is 1. The summed E-state index contributed by atoms with van der Waals surface area (Å²) in [6, 6.07) is 5.62. The maximum Gasteiger partial charge on any atom is 0.407 e. The largest absolute Gasteiger partial charge is 0.444 e. The molecule has 1 aromatic rings. The third-order valence-corrected chi connectivity index (χ3v) is 3.59. The number of alkyl carbamates (subject to hydrolysis) is 1. The molecule has 2 rings (SSSR count). The molecule has 2 atom stereocenters. The summed E-state index contributed by atoms with van der Waals surface area (Å²) in [5.74, 6) is 0. The van der Waals surface area contributed by atoms with E-state index >= 15 is 0 Å². The monoisotopic (exact) mass is 322 g/mol. The number of nitrogens with one attached hydrogen (secondary N) is 1. The zero-order valence-electron chi connectivity index (χ0n) is 14.0. The normalized spacial score (nSPS) is 21.7. The molecule has 23 heavy (non-hydrogen) atoms. The highest BCUT2D eigenvalue weighted by Gasteiger charge is 2.23. The fourth-order valence-corrected chi connectivity index (χ4v) is 2.48. The first-order valence-electron chi connectivity index (χ1n) is 7.89. The van der Waals surface area contributed by atoms with Crippen molar-refractivity contribution in [1.82, 2.24) is 5.32 Å². The summed E-state index contributed by atoms with van der Waals surface area (Å²) in [6.45, 7) is 6.15. The van der Waals surface area contributed by atoms with Crippen molar-refractivity contribution < 1.29 is 19.4 Å². The standard InChI is InChI=1S/C17H26N2O4/c1-17(2,3)23-16(21)19-9-11-4-6-14(18)13(8-11)15-7-5-12(20)10-22-15/h4,6,8,12,15,20H,5,7,9-10,18H2,1-3H3,(H,19,21)/t12-,15-/m0/s1. The summed E-state index contributed by atoms with van der Waals surface area (Å²) >= 11 is 0. The number of aliphatic hydroxyl groups is 1. The van der Waals surface area contributed by atoms with Crippen LogP contribution in [0.15, 0.2) is 18.2 Å². The Kier molecular flexibility index (Phi) is 5.49. The van der Waals surface area contributed by atoms with E-state index < -0.39 is 17.8 Å². The van der Waals surface area contributed by atoms with E-state index in [0.29, 0.717) is 25.3 Å². The van der Waals surface area contributed by atoms with Crippen molar-refractivity contribution in [3.05, 3.63) is 29.3 Å². The fourth-order valence-electron chi connectivity index (χ4n) is 2.48. The second-order valence-corrected chi connectivity index (χ2v) is 6.87. The molecule has 1 heterocycles. The van der Waals surface area contributed by atoms with Crippen molar-refractivity contribution in [3.8, 4) is 0 Å². The van der Waals surface area contributed by atoms with Crippen LogP contribution in [0.3, 0.4) is 0 Å². The smallest absolute Gasteiger partial charge is 0.407 e. The average Bonchev–Trinajstić information content (AvgIpc) is 2.46. The highest BCUT2D eigenvalue weighted by atomic mass is 16.6. The van der Waals surface area contributed by atoms with Crippen LogP contribution in [0, 0.1) is 0 Å². The maximum atomic E-state index is 11.7. The van der Waals surface area contributed by atoms with E-state index in [-0.39, 0.29) is 6.10 Å². The highest BCUT2D eigenvalue weighted by Crippen LogP contribution is 2.32. The molecule has 0 radical (unpaired) electrons. The number of hydrogen-bond acceptors (Lipinski definition) is 5. The Morgan fingerprint density at radius 1 is 1.43 bits per heavy atom. The summed E-state index contributed by atoms with van der Waals surface area (Å²) in [6.07, 6.45) is 0.469. The number of hydrogen-bond donors (Lipinski definition) is 3. The Bertz CT molecular complexity index is 546. The average molecular weight is 322 g/mol. The van der Waals surface area contributed by atoms with Crippen LogP contribution in [-0.4, -0.2) is 29.5 Å². The Morgan fingerprint density at radius 2 is 2.17 bits per heavy atom. The number of anilines is 1. The third-order valence-electron chi connectivity index (χ3n) is 3.59. The van der Waals surface area contributed by atoms with Gasteiger partial charge in [-0.25, -0.2) is 4.79 Å². The maximum absolute atomic E-state index is 11.7. The van der Waals surface area contributed by atoms with Gasteiger partial charge in [0.05, 0.1) is 18.8 Å². The number of nitrogen functional groups attached to an aromatic ring is 1. The van der Waals surface area contributed by atoms with Gasteiger partial charge in [0, 0.05) is 17.8 Å². The van der Waals surface area contributed by atoms with E-state index in [2.05, 4.69) is 5.32 Å². The quantitative estimate of drug-likeness (QED) is 0.743. The predicted octanol–water partition coefficient (Wildman–Crippen LogP) is 2.51. The van der Waals surface area contributed by atoms with E-state index in [1.54, 1.807) is 0 Å². The van der Waals surface area contributed by atoms with E-state index in [1.807, 2.05) is 39.0 Å². The molecule has 0 saturated carbocycles. The Hall–Kier alpha value is -1.79. The molecule has 128 valence electrons. The van der Waals surface area contributed by atoms with Gasteiger partial charge in [0.1, 0.15) is 5.60 Å². The number of amides is 1. The topological polar surface area (TPSA) is 93.8 Å². The summed E-state index contributed by atoms with van der Waals surface area (Å²) in [5, 5.41) is 12.2. The van der Waals surface area contributed by atoms with E-state index in [4.69, 9.17) is 15.2 Å². The molecule has 1 saturated heterocycles. The fraction of sp³-hybridized carbons (Fsp3) is 0.588. The van der Waals surface area contributed by atoms with Crippen molar-refractivity contribution in [2.45, 2.75) is 58.0 Å². The van der Waals surface area contributed by atoms with E-state index in [9.17, 15) is 9.90 Å².